The average molecular weight is 418 g/mol. The number of hydrogen-bond donors (Lipinski definition) is 2. The molecule has 0 bridgehead atoms. The van der Waals surface area contributed by atoms with E-state index in [1.165, 1.54) is 30.3 Å². The molecule has 1 amide bonds. The van der Waals surface area contributed by atoms with Crippen LogP contribution in [0.4, 0.5) is 20.3 Å². The van der Waals surface area contributed by atoms with Gasteiger partial charge in [0, 0.05) is 29.1 Å². The number of amides is 1. The van der Waals surface area contributed by atoms with Crippen LogP contribution in [0.25, 0.3) is 0 Å². The van der Waals surface area contributed by atoms with Crippen LogP contribution >= 0.6 is 0 Å². The van der Waals surface area contributed by atoms with Crippen LogP contribution in [0.5, 0.6) is 0 Å². The van der Waals surface area contributed by atoms with Gasteiger partial charge in [0.2, 0.25) is 0 Å². The van der Waals surface area contributed by atoms with Crippen LogP contribution in [-0.4, -0.2) is 24.3 Å². The summed E-state index contributed by atoms with van der Waals surface area (Å²) < 4.78 is 53.9. The van der Waals surface area contributed by atoms with Crippen LogP contribution < -0.4 is 10.0 Å². The summed E-state index contributed by atoms with van der Waals surface area (Å²) in [7, 11) is -3.91. The molecule has 3 rings (SSSR count). The van der Waals surface area contributed by atoms with Crippen molar-refractivity contribution < 1.29 is 22.0 Å². The minimum absolute atomic E-state index is 0.0544. The SMILES string of the molecule is Cc1cc(NS(=O)(=O)c2ccc(NC(=O)c3cc(F)cc(F)c3)cc2)nc(C)n1. The molecule has 1 aromatic heterocycles. The monoisotopic (exact) mass is 418 g/mol. The van der Waals surface area contributed by atoms with Crippen LogP contribution in [0.3, 0.4) is 0 Å². The molecule has 0 atom stereocenters. The van der Waals surface area contributed by atoms with Crippen LogP contribution in [0.2, 0.25) is 0 Å². The van der Waals surface area contributed by atoms with E-state index in [2.05, 4.69) is 20.0 Å². The lowest BCUT2D eigenvalue weighted by atomic mass is 10.2. The number of hydrogen-bond acceptors (Lipinski definition) is 5. The minimum atomic E-state index is -3.91. The van der Waals surface area contributed by atoms with Gasteiger partial charge >= 0.3 is 0 Å². The van der Waals surface area contributed by atoms with Gasteiger partial charge in [-0.05, 0) is 50.2 Å². The number of rotatable bonds is 5. The van der Waals surface area contributed by atoms with Gasteiger partial charge in [0.25, 0.3) is 15.9 Å². The zero-order valence-electron chi connectivity index (χ0n) is 15.4. The Morgan fingerprint density at radius 3 is 2.14 bits per heavy atom. The van der Waals surface area contributed by atoms with E-state index in [0.717, 1.165) is 12.1 Å². The Labute approximate surface area is 165 Å². The predicted octanol–water partition coefficient (Wildman–Crippen LogP) is 3.42. The molecule has 0 aliphatic heterocycles. The van der Waals surface area contributed by atoms with Gasteiger partial charge in [0.1, 0.15) is 23.3 Å². The number of halogens is 2. The molecule has 0 radical (unpaired) electrons. The van der Waals surface area contributed by atoms with Crippen LogP contribution in [0.15, 0.2) is 53.4 Å². The molecule has 0 aliphatic rings. The molecule has 0 spiro atoms. The van der Waals surface area contributed by atoms with Crippen molar-refractivity contribution in [1.82, 2.24) is 9.97 Å². The number of benzene rings is 2. The van der Waals surface area contributed by atoms with Gasteiger partial charge in [0.15, 0.2) is 0 Å². The summed E-state index contributed by atoms with van der Waals surface area (Å²) in [6.07, 6.45) is 0. The number of carbonyl (C=O) groups excluding carboxylic acids is 1. The largest absolute Gasteiger partial charge is 0.322 e. The minimum Gasteiger partial charge on any atom is -0.322 e. The first kappa shape index (κ1) is 20.3. The third kappa shape index (κ3) is 5.11. The zero-order chi connectivity index (χ0) is 21.2. The van der Waals surface area contributed by atoms with E-state index in [-0.39, 0.29) is 22.0 Å². The molecule has 0 aliphatic carbocycles. The highest BCUT2D eigenvalue weighted by atomic mass is 32.2. The number of aryl methyl sites for hydroxylation is 2. The van der Waals surface area contributed by atoms with E-state index in [4.69, 9.17) is 0 Å². The van der Waals surface area contributed by atoms with Gasteiger partial charge in [-0.2, -0.15) is 0 Å². The third-order valence-corrected chi connectivity index (χ3v) is 5.12. The Balaban J connectivity index is 1.75. The molecule has 7 nitrogen and oxygen atoms in total. The van der Waals surface area contributed by atoms with Crippen LogP contribution in [0.1, 0.15) is 21.9 Å². The lowest BCUT2D eigenvalue weighted by Gasteiger charge is -2.10. The molecular formula is C19H16F2N4O3S. The fourth-order valence-corrected chi connectivity index (χ4v) is 3.56. The lowest BCUT2D eigenvalue weighted by Crippen LogP contribution is -2.15. The zero-order valence-corrected chi connectivity index (χ0v) is 16.2. The van der Waals surface area contributed by atoms with Crippen molar-refractivity contribution >= 4 is 27.4 Å². The maximum absolute atomic E-state index is 13.2. The summed E-state index contributed by atoms with van der Waals surface area (Å²) in [5.74, 6) is -1.92. The molecule has 2 N–H and O–H groups in total. The molecule has 0 fully saturated rings. The van der Waals surface area contributed by atoms with Gasteiger partial charge < -0.3 is 5.32 Å². The summed E-state index contributed by atoms with van der Waals surface area (Å²) in [4.78, 5) is 20.2. The van der Waals surface area contributed by atoms with Crippen molar-refractivity contribution in [2.24, 2.45) is 0 Å². The second-order valence-corrected chi connectivity index (χ2v) is 7.87. The topological polar surface area (TPSA) is 101 Å². The van der Waals surface area contributed by atoms with E-state index in [1.54, 1.807) is 13.8 Å². The molecule has 150 valence electrons. The molecule has 0 saturated heterocycles. The van der Waals surface area contributed by atoms with Crippen molar-refractivity contribution in [3.63, 3.8) is 0 Å². The molecule has 3 aromatic rings. The van der Waals surface area contributed by atoms with Crippen molar-refractivity contribution in [2.45, 2.75) is 18.7 Å². The Kier molecular flexibility index (Phi) is 5.55. The van der Waals surface area contributed by atoms with E-state index in [0.29, 0.717) is 17.6 Å². The molecule has 0 saturated carbocycles. The van der Waals surface area contributed by atoms with Gasteiger partial charge in [-0.15, -0.1) is 0 Å². The lowest BCUT2D eigenvalue weighted by molar-refractivity contribution is 0.102. The normalized spacial score (nSPS) is 11.2. The Hall–Kier alpha value is -3.40. The van der Waals surface area contributed by atoms with Crippen molar-refractivity contribution in [3.8, 4) is 0 Å². The summed E-state index contributed by atoms with van der Waals surface area (Å²) in [5.41, 5.74) is 0.671. The van der Waals surface area contributed by atoms with E-state index in [1.807, 2.05) is 0 Å². The van der Waals surface area contributed by atoms with Crippen molar-refractivity contribution in [1.29, 1.82) is 0 Å². The van der Waals surface area contributed by atoms with Gasteiger partial charge in [0.05, 0.1) is 4.90 Å². The number of nitrogens with one attached hydrogen (secondary N) is 2. The van der Waals surface area contributed by atoms with Crippen LogP contribution in [0, 0.1) is 25.5 Å². The second-order valence-electron chi connectivity index (χ2n) is 6.18. The average Bonchev–Trinajstić information content (AvgIpc) is 2.60. The predicted molar refractivity (Wildman–Crippen MR) is 103 cm³/mol. The first-order chi connectivity index (χ1) is 13.6. The first-order valence-electron chi connectivity index (χ1n) is 8.35. The second kappa shape index (κ2) is 7.92. The van der Waals surface area contributed by atoms with Gasteiger partial charge in [-0.25, -0.2) is 27.2 Å². The summed E-state index contributed by atoms with van der Waals surface area (Å²) in [5, 5.41) is 2.45. The Morgan fingerprint density at radius 1 is 0.931 bits per heavy atom. The quantitative estimate of drug-likeness (QED) is 0.661. The standard InChI is InChI=1S/C19H16F2N4O3S/c1-11-7-18(23-12(2)22-11)25-29(27,28)17-5-3-16(4-6-17)24-19(26)13-8-14(20)10-15(21)9-13/h3-10H,1-2H3,(H,24,26)(H,22,23,25). The van der Waals surface area contributed by atoms with Gasteiger partial charge in [-0.3, -0.25) is 9.52 Å². The first-order valence-corrected chi connectivity index (χ1v) is 9.83. The Bertz CT molecular complexity index is 1140. The molecule has 1 heterocycles. The molecular weight excluding hydrogens is 402 g/mol. The highest BCUT2D eigenvalue weighted by Crippen LogP contribution is 2.19. The highest BCUT2D eigenvalue weighted by molar-refractivity contribution is 7.92. The summed E-state index contributed by atoms with van der Waals surface area (Å²) in [6.45, 7) is 3.36. The number of sulfonamides is 1. The smallest absolute Gasteiger partial charge is 0.263 e. The number of anilines is 2. The Morgan fingerprint density at radius 2 is 1.55 bits per heavy atom. The molecule has 2 aromatic carbocycles. The fraction of sp³-hybridized carbons (Fsp3) is 0.105. The van der Waals surface area contributed by atoms with Gasteiger partial charge in [-0.1, -0.05) is 0 Å². The summed E-state index contributed by atoms with van der Waals surface area (Å²) in [6, 6.07) is 9.23. The highest BCUT2D eigenvalue weighted by Gasteiger charge is 2.16. The third-order valence-electron chi connectivity index (χ3n) is 3.75. The van der Waals surface area contributed by atoms with Crippen molar-refractivity contribution in [3.05, 3.63) is 77.2 Å². The fourth-order valence-electron chi connectivity index (χ4n) is 2.57. The number of nitrogens with zero attached hydrogens (tertiary/aromatic N) is 2. The maximum Gasteiger partial charge on any atom is 0.263 e. The van der Waals surface area contributed by atoms with E-state index < -0.39 is 27.6 Å². The summed E-state index contributed by atoms with van der Waals surface area (Å²) >= 11 is 0. The molecule has 29 heavy (non-hydrogen) atoms. The van der Waals surface area contributed by atoms with E-state index in [9.17, 15) is 22.0 Å². The maximum atomic E-state index is 13.2. The number of carbonyl (C=O) groups is 1. The van der Waals surface area contributed by atoms with E-state index >= 15 is 0 Å². The molecule has 10 heteroatoms. The molecule has 0 unspecified atom stereocenters. The number of aromatic nitrogens is 2. The van der Waals surface area contributed by atoms with Crippen LogP contribution in [-0.2, 0) is 10.0 Å². The van der Waals surface area contributed by atoms with Crippen molar-refractivity contribution in [2.75, 3.05) is 10.0 Å².